The van der Waals surface area contributed by atoms with E-state index in [4.69, 9.17) is 19.3 Å². The molecule has 0 aliphatic carbocycles. The minimum atomic E-state index is 0.0274. The third-order valence-electron chi connectivity index (χ3n) is 5.63. The molecule has 0 radical (unpaired) electrons. The largest absolute Gasteiger partial charge is 0.454 e. The highest BCUT2D eigenvalue weighted by Gasteiger charge is 2.19. The number of hydrogen-bond donors (Lipinski definition) is 1. The van der Waals surface area contributed by atoms with Gasteiger partial charge < -0.3 is 19.5 Å². The molecule has 1 aromatic heterocycles. The van der Waals surface area contributed by atoms with E-state index in [1.54, 1.807) is 0 Å². The van der Waals surface area contributed by atoms with Crippen molar-refractivity contribution >= 4 is 5.91 Å². The fraction of sp³-hybridized carbons (Fsp3) is 0.333. The zero-order valence-corrected chi connectivity index (χ0v) is 17.3. The number of benzene rings is 2. The van der Waals surface area contributed by atoms with Gasteiger partial charge in [-0.05, 0) is 55.2 Å². The predicted octanol–water partition coefficient (Wildman–Crippen LogP) is 3.50. The van der Waals surface area contributed by atoms with Crippen LogP contribution in [0, 0.1) is 0 Å². The second kappa shape index (κ2) is 8.81. The summed E-state index contributed by atoms with van der Waals surface area (Å²) in [6.07, 6.45) is 5.21. The average Bonchev–Trinajstić information content (AvgIpc) is 3.57. The number of nitrogens with one attached hydrogen (secondary N) is 1. The van der Waals surface area contributed by atoms with Gasteiger partial charge in [0.1, 0.15) is 0 Å². The molecule has 0 unspecified atom stereocenters. The van der Waals surface area contributed by atoms with Crippen molar-refractivity contribution in [3.8, 4) is 28.4 Å². The Morgan fingerprint density at radius 1 is 1.13 bits per heavy atom. The standard InChI is InChI=1S/C24H25N3O4/c28-23(25-14-20-7-4-12-29-20)11-9-18-15-27(19-5-2-1-3-6-19)26-24(18)17-8-10-21-22(13-17)31-16-30-21/h1-3,5-6,8,10,13,15,20H,4,7,9,11-12,14,16H2,(H,25,28)/t20-/m1/s1. The zero-order valence-electron chi connectivity index (χ0n) is 17.3. The molecule has 2 aromatic carbocycles. The Kier molecular flexibility index (Phi) is 5.58. The monoisotopic (exact) mass is 419 g/mol. The Morgan fingerprint density at radius 3 is 2.84 bits per heavy atom. The second-order valence-corrected chi connectivity index (χ2v) is 7.79. The van der Waals surface area contributed by atoms with E-state index in [9.17, 15) is 4.79 Å². The summed E-state index contributed by atoms with van der Waals surface area (Å²) in [5, 5.41) is 7.83. The first kappa shape index (κ1) is 19.6. The van der Waals surface area contributed by atoms with Crippen molar-refractivity contribution in [1.29, 1.82) is 0 Å². The molecule has 0 spiro atoms. The topological polar surface area (TPSA) is 74.6 Å². The normalized spacial score (nSPS) is 17.1. The molecule has 7 nitrogen and oxygen atoms in total. The van der Waals surface area contributed by atoms with Crippen LogP contribution in [0.5, 0.6) is 11.5 Å². The van der Waals surface area contributed by atoms with Gasteiger partial charge >= 0.3 is 0 Å². The van der Waals surface area contributed by atoms with Gasteiger partial charge in [0, 0.05) is 31.3 Å². The van der Waals surface area contributed by atoms with Gasteiger partial charge in [0.15, 0.2) is 11.5 Å². The summed E-state index contributed by atoms with van der Waals surface area (Å²) in [6, 6.07) is 15.8. The van der Waals surface area contributed by atoms with Crippen LogP contribution in [0.3, 0.4) is 0 Å². The number of ether oxygens (including phenoxy) is 3. The molecule has 5 rings (SSSR count). The number of aryl methyl sites for hydroxylation is 1. The number of amides is 1. The van der Waals surface area contributed by atoms with Gasteiger partial charge in [-0.25, -0.2) is 4.68 Å². The fourth-order valence-electron chi connectivity index (χ4n) is 3.96. The van der Waals surface area contributed by atoms with E-state index in [0.717, 1.165) is 47.7 Å². The highest BCUT2D eigenvalue weighted by Crippen LogP contribution is 2.36. The maximum absolute atomic E-state index is 12.4. The van der Waals surface area contributed by atoms with Gasteiger partial charge in [-0.3, -0.25) is 4.79 Å². The molecule has 3 heterocycles. The first-order valence-electron chi connectivity index (χ1n) is 10.7. The second-order valence-electron chi connectivity index (χ2n) is 7.79. The van der Waals surface area contributed by atoms with Crippen molar-refractivity contribution in [3.63, 3.8) is 0 Å². The van der Waals surface area contributed by atoms with E-state index in [0.29, 0.717) is 25.1 Å². The van der Waals surface area contributed by atoms with Crippen molar-refractivity contribution in [1.82, 2.24) is 15.1 Å². The van der Waals surface area contributed by atoms with Crippen molar-refractivity contribution in [3.05, 3.63) is 60.3 Å². The summed E-state index contributed by atoms with van der Waals surface area (Å²) >= 11 is 0. The summed E-state index contributed by atoms with van der Waals surface area (Å²) in [5.41, 5.74) is 3.76. The third-order valence-corrected chi connectivity index (χ3v) is 5.63. The van der Waals surface area contributed by atoms with E-state index in [1.165, 1.54) is 0 Å². The van der Waals surface area contributed by atoms with Gasteiger partial charge in [-0.2, -0.15) is 5.10 Å². The lowest BCUT2D eigenvalue weighted by molar-refractivity contribution is -0.121. The van der Waals surface area contributed by atoms with E-state index >= 15 is 0 Å². The summed E-state index contributed by atoms with van der Waals surface area (Å²) in [7, 11) is 0. The summed E-state index contributed by atoms with van der Waals surface area (Å²) in [5.74, 6) is 1.48. The van der Waals surface area contributed by atoms with Crippen LogP contribution in [0.4, 0.5) is 0 Å². The van der Waals surface area contributed by atoms with Crippen molar-refractivity contribution in [2.24, 2.45) is 0 Å². The molecule has 160 valence electrons. The number of carbonyl (C=O) groups excluding carboxylic acids is 1. The van der Waals surface area contributed by atoms with Crippen molar-refractivity contribution in [2.75, 3.05) is 19.9 Å². The van der Waals surface area contributed by atoms with Gasteiger partial charge in [0.2, 0.25) is 12.7 Å². The lowest BCUT2D eigenvalue weighted by atomic mass is 10.0. The molecule has 2 aliphatic rings. The quantitative estimate of drug-likeness (QED) is 0.635. The SMILES string of the molecule is O=C(CCc1cn(-c2ccccc2)nc1-c1ccc2c(c1)OCO2)NC[C@H]1CCCO1. The maximum Gasteiger partial charge on any atom is 0.231 e. The molecule has 3 aromatic rings. The molecular weight excluding hydrogens is 394 g/mol. The van der Waals surface area contributed by atoms with Gasteiger partial charge in [-0.15, -0.1) is 0 Å². The lowest BCUT2D eigenvalue weighted by Gasteiger charge is -2.10. The van der Waals surface area contributed by atoms with Gasteiger partial charge in [0.05, 0.1) is 17.5 Å². The molecule has 1 fully saturated rings. The smallest absolute Gasteiger partial charge is 0.231 e. The van der Waals surface area contributed by atoms with Crippen LogP contribution in [-0.4, -0.2) is 41.7 Å². The van der Waals surface area contributed by atoms with Crippen LogP contribution in [0.15, 0.2) is 54.7 Å². The van der Waals surface area contributed by atoms with Crippen LogP contribution in [-0.2, 0) is 16.0 Å². The van der Waals surface area contributed by atoms with Crippen molar-refractivity contribution < 1.29 is 19.0 Å². The fourth-order valence-corrected chi connectivity index (χ4v) is 3.96. The number of para-hydroxylation sites is 1. The lowest BCUT2D eigenvalue weighted by Crippen LogP contribution is -2.31. The summed E-state index contributed by atoms with van der Waals surface area (Å²) < 4.78 is 18.4. The first-order valence-corrected chi connectivity index (χ1v) is 10.7. The molecule has 0 saturated carbocycles. The van der Waals surface area contributed by atoms with Crippen molar-refractivity contribution in [2.45, 2.75) is 31.8 Å². The summed E-state index contributed by atoms with van der Waals surface area (Å²) in [4.78, 5) is 12.4. The number of nitrogens with zero attached hydrogens (tertiary/aromatic N) is 2. The van der Waals surface area contributed by atoms with Crippen LogP contribution in [0.1, 0.15) is 24.8 Å². The van der Waals surface area contributed by atoms with Crippen LogP contribution in [0.25, 0.3) is 16.9 Å². The van der Waals surface area contributed by atoms with E-state index < -0.39 is 0 Å². The van der Waals surface area contributed by atoms with E-state index in [-0.39, 0.29) is 18.8 Å². The molecular formula is C24H25N3O4. The van der Waals surface area contributed by atoms with Crippen LogP contribution >= 0.6 is 0 Å². The molecule has 1 saturated heterocycles. The Bertz CT molecular complexity index is 1060. The minimum Gasteiger partial charge on any atom is -0.454 e. The minimum absolute atomic E-state index is 0.0274. The highest BCUT2D eigenvalue weighted by atomic mass is 16.7. The predicted molar refractivity (Wildman–Crippen MR) is 115 cm³/mol. The Hall–Kier alpha value is -3.32. The zero-order chi connectivity index (χ0) is 21.0. The molecule has 1 amide bonds. The molecule has 1 N–H and O–H groups in total. The summed E-state index contributed by atoms with van der Waals surface area (Å²) in [6.45, 7) is 1.60. The Morgan fingerprint density at radius 2 is 2.00 bits per heavy atom. The van der Waals surface area contributed by atoms with Gasteiger partial charge in [-0.1, -0.05) is 18.2 Å². The third kappa shape index (κ3) is 4.41. The van der Waals surface area contributed by atoms with Crippen LogP contribution < -0.4 is 14.8 Å². The number of fused-ring (bicyclic) bond motifs is 1. The number of hydrogen-bond acceptors (Lipinski definition) is 5. The molecule has 0 bridgehead atoms. The number of rotatable bonds is 7. The number of carbonyl (C=O) groups is 1. The van der Waals surface area contributed by atoms with Crippen LogP contribution in [0.2, 0.25) is 0 Å². The van der Waals surface area contributed by atoms with E-state index in [1.807, 2.05) is 59.4 Å². The Labute approximate surface area is 180 Å². The van der Waals surface area contributed by atoms with Gasteiger partial charge in [0.25, 0.3) is 0 Å². The van der Waals surface area contributed by atoms with E-state index in [2.05, 4.69) is 5.32 Å². The first-order chi connectivity index (χ1) is 15.3. The highest BCUT2D eigenvalue weighted by molar-refractivity contribution is 5.77. The molecule has 2 aliphatic heterocycles. The molecule has 1 atom stereocenters. The Balaban J connectivity index is 1.36. The maximum atomic E-state index is 12.4. The molecule has 7 heteroatoms. The molecule has 31 heavy (non-hydrogen) atoms. The average molecular weight is 419 g/mol. The number of aromatic nitrogens is 2.